The van der Waals surface area contributed by atoms with Crippen LogP contribution in [0.2, 0.25) is 0 Å². The monoisotopic (exact) mass is 229 g/mol. The van der Waals surface area contributed by atoms with Crippen molar-refractivity contribution in [3.05, 3.63) is 54.1 Å². The Hall–Kier alpha value is -1.87. The molecule has 0 bridgehead atoms. The van der Waals surface area contributed by atoms with Crippen LogP contribution in [0.4, 0.5) is 0 Å². The van der Waals surface area contributed by atoms with E-state index in [-0.39, 0.29) is 5.92 Å². The number of hydrogen-bond acceptors (Lipinski definition) is 2. The van der Waals surface area contributed by atoms with E-state index in [1.54, 1.807) is 0 Å². The van der Waals surface area contributed by atoms with Gasteiger partial charge in [-0.25, -0.2) is 0 Å². The second kappa shape index (κ2) is 4.97. The minimum Gasteiger partial charge on any atom is -0.480 e. The molecule has 0 aromatic heterocycles. The molecule has 1 aliphatic carbocycles. The first-order chi connectivity index (χ1) is 8.18. The van der Waals surface area contributed by atoms with E-state index in [9.17, 15) is 4.79 Å². The zero-order chi connectivity index (χ0) is 12.3. The first-order valence-electron chi connectivity index (χ1n) is 5.60. The van der Waals surface area contributed by atoms with E-state index in [4.69, 9.17) is 10.8 Å². The Morgan fingerprint density at radius 2 is 2.06 bits per heavy atom. The number of carboxylic acids is 1. The summed E-state index contributed by atoms with van der Waals surface area (Å²) in [6.45, 7) is 0. The summed E-state index contributed by atoms with van der Waals surface area (Å²) in [5.74, 6) is -1.06. The molecule has 3 nitrogen and oxygen atoms in total. The van der Waals surface area contributed by atoms with Gasteiger partial charge in [-0.05, 0) is 17.6 Å². The van der Waals surface area contributed by atoms with Gasteiger partial charge in [0, 0.05) is 5.92 Å². The van der Waals surface area contributed by atoms with Crippen LogP contribution in [0, 0.1) is 5.92 Å². The highest BCUT2D eigenvalue weighted by Crippen LogP contribution is 2.25. The average Bonchev–Trinajstić information content (AvgIpc) is 2.39. The van der Waals surface area contributed by atoms with Crippen LogP contribution in [0.25, 0.3) is 5.57 Å². The van der Waals surface area contributed by atoms with Crippen LogP contribution in [0.1, 0.15) is 12.0 Å². The van der Waals surface area contributed by atoms with Crippen LogP contribution in [-0.4, -0.2) is 17.1 Å². The molecule has 1 aromatic carbocycles. The third-order valence-electron chi connectivity index (χ3n) is 2.99. The summed E-state index contributed by atoms with van der Waals surface area (Å²) in [5.41, 5.74) is 7.86. The molecule has 0 aliphatic heterocycles. The topological polar surface area (TPSA) is 63.3 Å². The van der Waals surface area contributed by atoms with Gasteiger partial charge in [-0.1, -0.05) is 48.6 Å². The lowest BCUT2D eigenvalue weighted by molar-refractivity contribution is -0.139. The van der Waals surface area contributed by atoms with Crippen molar-refractivity contribution in [3.8, 4) is 0 Å². The summed E-state index contributed by atoms with van der Waals surface area (Å²) in [7, 11) is 0. The normalized spacial score (nSPS) is 20.8. The van der Waals surface area contributed by atoms with Crippen LogP contribution in [0.15, 0.2) is 48.6 Å². The third kappa shape index (κ3) is 2.63. The zero-order valence-corrected chi connectivity index (χ0v) is 9.41. The van der Waals surface area contributed by atoms with Gasteiger partial charge in [-0.3, -0.25) is 4.79 Å². The van der Waals surface area contributed by atoms with E-state index in [0.717, 1.165) is 11.1 Å². The molecule has 3 heteroatoms. The molecule has 0 fully saturated rings. The summed E-state index contributed by atoms with van der Waals surface area (Å²) < 4.78 is 0. The maximum absolute atomic E-state index is 10.8. The minimum atomic E-state index is -0.948. The predicted octanol–water partition coefficient (Wildman–Crippen LogP) is 2.06. The summed E-state index contributed by atoms with van der Waals surface area (Å²) in [5, 5.41) is 8.84. The smallest absolute Gasteiger partial charge is 0.321 e. The number of allylic oxidation sites excluding steroid dienone is 3. The molecule has 1 aliphatic rings. The Bertz CT molecular complexity index is 462. The van der Waals surface area contributed by atoms with Crippen molar-refractivity contribution in [2.24, 2.45) is 11.7 Å². The van der Waals surface area contributed by atoms with Crippen LogP contribution < -0.4 is 5.73 Å². The van der Waals surface area contributed by atoms with Gasteiger partial charge in [0.1, 0.15) is 6.04 Å². The van der Waals surface area contributed by atoms with Gasteiger partial charge in [0.15, 0.2) is 0 Å². The average molecular weight is 229 g/mol. The predicted molar refractivity (Wildman–Crippen MR) is 67.3 cm³/mol. The molecule has 0 heterocycles. The first kappa shape index (κ1) is 11.6. The zero-order valence-electron chi connectivity index (χ0n) is 9.41. The highest BCUT2D eigenvalue weighted by molar-refractivity contribution is 5.77. The van der Waals surface area contributed by atoms with Crippen molar-refractivity contribution in [1.29, 1.82) is 0 Å². The highest BCUT2D eigenvalue weighted by Gasteiger charge is 2.22. The Morgan fingerprint density at radius 1 is 1.35 bits per heavy atom. The quantitative estimate of drug-likeness (QED) is 0.833. The molecule has 2 rings (SSSR count). The highest BCUT2D eigenvalue weighted by atomic mass is 16.4. The third-order valence-corrected chi connectivity index (χ3v) is 2.99. The molecular weight excluding hydrogens is 214 g/mol. The Kier molecular flexibility index (Phi) is 3.40. The molecule has 0 amide bonds. The van der Waals surface area contributed by atoms with E-state index >= 15 is 0 Å². The van der Waals surface area contributed by atoms with Gasteiger partial charge in [-0.15, -0.1) is 0 Å². The van der Waals surface area contributed by atoms with Crippen LogP contribution in [0.5, 0.6) is 0 Å². The van der Waals surface area contributed by atoms with Crippen LogP contribution in [0.3, 0.4) is 0 Å². The largest absolute Gasteiger partial charge is 0.480 e. The Labute approximate surface area is 100 Å². The van der Waals surface area contributed by atoms with Crippen molar-refractivity contribution in [2.45, 2.75) is 12.5 Å². The van der Waals surface area contributed by atoms with E-state index in [1.807, 2.05) is 48.6 Å². The van der Waals surface area contributed by atoms with Crippen molar-refractivity contribution >= 4 is 11.5 Å². The lowest BCUT2D eigenvalue weighted by Gasteiger charge is -2.19. The molecule has 88 valence electrons. The van der Waals surface area contributed by atoms with Gasteiger partial charge in [0.2, 0.25) is 0 Å². The second-order valence-electron chi connectivity index (χ2n) is 4.15. The fourth-order valence-electron chi connectivity index (χ4n) is 1.93. The van der Waals surface area contributed by atoms with Gasteiger partial charge >= 0.3 is 5.97 Å². The Balaban J connectivity index is 2.09. The lowest BCUT2D eigenvalue weighted by Crippen LogP contribution is -2.37. The number of rotatable bonds is 3. The number of carbonyl (C=O) groups is 1. The molecular formula is C14H15NO2. The maximum Gasteiger partial charge on any atom is 0.321 e. The van der Waals surface area contributed by atoms with Crippen molar-refractivity contribution in [2.75, 3.05) is 0 Å². The number of hydrogen-bond donors (Lipinski definition) is 2. The second-order valence-corrected chi connectivity index (χ2v) is 4.15. The molecule has 0 spiro atoms. The standard InChI is InChI=1S/C14H15NO2/c15-13(14(16)17)12-8-6-11(7-9-12)10-4-2-1-3-5-10/h1-8,12-13H,9,15H2,(H,16,17)/t12?,13-/m1/s1. The lowest BCUT2D eigenvalue weighted by atomic mass is 9.88. The Morgan fingerprint density at radius 3 is 2.59 bits per heavy atom. The van der Waals surface area contributed by atoms with E-state index in [0.29, 0.717) is 6.42 Å². The number of nitrogens with two attached hydrogens (primary N) is 1. The van der Waals surface area contributed by atoms with Crippen molar-refractivity contribution < 1.29 is 9.90 Å². The minimum absolute atomic E-state index is 0.111. The summed E-state index contributed by atoms with van der Waals surface area (Å²) in [6, 6.07) is 9.19. The molecule has 1 unspecified atom stereocenters. The number of carboxylic acid groups (broad SMARTS) is 1. The van der Waals surface area contributed by atoms with Gasteiger partial charge < -0.3 is 10.8 Å². The van der Waals surface area contributed by atoms with Crippen molar-refractivity contribution in [1.82, 2.24) is 0 Å². The summed E-state index contributed by atoms with van der Waals surface area (Å²) in [6.07, 6.45) is 6.56. The number of aliphatic carboxylic acids is 1. The molecule has 3 N–H and O–H groups in total. The van der Waals surface area contributed by atoms with Crippen molar-refractivity contribution in [3.63, 3.8) is 0 Å². The fraction of sp³-hybridized carbons (Fsp3) is 0.214. The summed E-state index contributed by atoms with van der Waals surface area (Å²) >= 11 is 0. The van der Waals surface area contributed by atoms with Gasteiger partial charge in [0.05, 0.1) is 0 Å². The molecule has 17 heavy (non-hydrogen) atoms. The summed E-state index contributed by atoms with van der Waals surface area (Å²) in [4.78, 5) is 10.8. The molecule has 0 saturated carbocycles. The molecule has 0 radical (unpaired) electrons. The van der Waals surface area contributed by atoms with Crippen LogP contribution >= 0.6 is 0 Å². The molecule has 0 saturated heterocycles. The van der Waals surface area contributed by atoms with E-state index < -0.39 is 12.0 Å². The SMILES string of the molecule is N[C@@H](C(=O)O)C1C=CC(c2ccccc2)=CC1. The number of benzene rings is 1. The van der Waals surface area contributed by atoms with Gasteiger partial charge in [-0.2, -0.15) is 0 Å². The first-order valence-corrected chi connectivity index (χ1v) is 5.60. The molecule has 1 aromatic rings. The maximum atomic E-state index is 10.8. The van der Waals surface area contributed by atoms with E-state index in [2.05, 4.69) is 0 Å². The van der Waals surface area contributed by atoms with Crippen LogP contribution in [-0.2, 0) is 4.79 Å². The fourth-order valence-corrected chi connectivity index (χ4v) is 1.93. The van der Waals surface area contributed by atoms with Gasteiger partial charge in [0.25, 0.3) is 0 Å². The molecule has 2 atom stereocenters. The van der Waals surface area contributed by atoms with E-state index in [1.165, 1.54) is 0 Å².